The lowest BCUT2D eigenvalue weighted by molar-refractivity contribution is -0.132. The van der Waals surface area contributed by atoms with Crippen LogP contribution in [0.4, 0.5) is 5.69 Å². The number of nitrogens with zero attached hydrogens (tertiary/aromatic N) is 1. The van der Waals surface area contributed by atoms with Gasteiger partial charge in [-0.1, -0.05) is 30.3 Å². The van der Waals surface area contributed by atoms with Crippen LogP contribution in [0.5, 0.6) is 17.2 Å². The van der Waals surface area contributed by atoms with Crippen molar-refractivity contribution in [1.29, 1.82) is 0 Å². The maximum absolute atomic E-state index is 13.3. The third-order valence-corrected chi connectivity index (χ3v) is 5.65. The van der Waals surface area contributed by atoms with Gasteiger partial charge in [-0.05, 0) is 48.9 Å². The van der Waals surface area contributed by atoms with Gasteiger partial charge in [-0.15, -0.1) is 0 Å². The van der Waals surface area contributed by atoms with Crippen LogP contribution in [0.3, 0.4) is 0 Å². The Hall–Kier alpha value is -4.26. The van der Waals surface area contributed by atoms with Crippen LogP contribution in [-0.2, 0) is 9.59 Å². The smallest absolute Gasteiger partial charge is 0.300 e. The Labute approximate surface area is 197 Å². The van der Waals surface area contributed by atoms with E-state index in [0.717, 1.165) is 0 Å². The number of methoxy groups -OCH3 is 2. The minimum absolute atomic E-state index is 0.0199. The summed E-state index contributed by atoms with van der Waals surface area (Å²) in [7, 11) is 2.98. The molecule has 1 aliphatic rings. The van der Waals surface area contributed by atoms with Crippen molar-refractivity contribution >= 4 is 23.1 Å². The molecular formula is C27H25NO6. The van der Waals surface area contributed by atoms with Crippen LogP contribution in [0.25, 0.3) is 5.76 Å². The van der Waals surface area contributed by atoms with Gasteiger partial charge < -0.3 is 19.3 Å². The number of ether oxygens (including phenoxy) is 3. The quantitative estimate of drug-likeness (QED) is 0.312. The maximum Gasteiger partial charge on any atom is 0.300 e. The first-order chi connectivity index (χ1) is 16.5. The van der Waals surface area contributed by atoms with E-state index in [2.05, 4.69) is 0 Å². The summed E-state index contributed by atoms with van der Waals surface area (Å²) in [5.74, 6) is -0.328. The number of aliphatic hydroxyl groups is 1. The molecule has 3 aromatic rings. The van der Waals surface area contributed by atoms with Gasteiger partial charge in [-0.2, -0.15) is 0 Å². The van der Waals surface area contributed by atoms with Crippen LogP contribution in [-0.4, -0.2) is 37.6 Å². The molecule has 0 radical (unpaired) electrons. The molecular weight excluding hydrogens is 434 g/mol. The predicted molar refractivity (Wildman–Crippen MR) is 128 cm³/mol. The molecule has 1 heterocycles. The Kier molecular flexibility index (Phi) is 6.54. The summed E-state index contributed by atoms with van der Waals surface area (Å²) in [4.78, 5) is 27.9. The van der Waals surface area contributed by atoms with Gasteiger partial charge in [0.2, 0.25) is 0 Å². The van der Waals surface area contributed by atoms with Crippen molar-refractivity contribution in [2.75, 3.05) is 25.7 Å². The van der Waals surface area contributed by atoms with Crippen molar-refractivity contribution in [2.24, 2.45) is 0 Å². The predicted octanol–water partition coefficient (Wildman–Crippen LogP) is 4.73. The van der Waals surface area contributed by atoms with Crippen LogP contribution in [0, 0.1) is 0 Å². The first-order valence-corrected chi connectivity index (χ1v) is 10.8. The number of amides is 1. The van der Waals surface area contributed by atoms with Crippen LogP contribution in [0.2, 0.25) is 0 Å². The maximum atomic E-state index is 13.3. The SMILES string of the molecule is CCOc1ccc(N2C(=O)C(=O)/C(=C(\O)c3ccc(OC)cc3OC)C2c2ccccc2)cc1. The first kappa shape index (κ1) is 22.9. The fourth-order valence-electron chi connectivity index (χ4n) is 4.06. The first-order valence-electron chi connectivity index (χ1n) is 10.8. The highest BCUT2D eigenvalue weighted by Gasteiger charge is 2.47. The van der Waals surface area contributed by atoms with Crippen molar-refractivity contribution in [2.45, 2.75) is 13.0 Å². The Balaban J connectivity index is 1.90. The Morgan fingerprint density at radius 3 is 2.21 bits per heavy atom. The molecule has 174 valence electrons. The summed E-state index contributed by atoms with van der Waals surface area (Å²) in [5, 5.41) is 11.3. The molecule has 1 saturated heterocycles. The number of Topliss-reactive ketones (excluding diaryl/α,β-unsaturated/α-hetero) is 1. The molecule has 1 aliphatic heterocycles. The van der Waals surface area contributed by atoms with Crippen LogP contribution < -0.4 is 19.1 Å². The third-order valence-electron chi connectivity index (χ3n) is 5.65. The highest BCUT2D eigenvalue weighted by atomic mass is 16.5. The summed E-state index contributed by atoms with van der Waals surface area (Å²) in [6.45, 7) is 2.40. The Bertz CT molecular complexity index is 1230. The number of hydrogen-bond donors (Lipinski definition) is 1. The number of hydrogen-bond acceptors (Lipinski definition) is 6. The van der Waals surface area contributed by atoms with E-state index < -0.39 is 17.7 Å². The number of ketones is 1. The molecule has 1 unspecified atom stereocenters. The van der Waals surface area contributed by atoms with Gasteiger partial charge in [0.25, 0.3) is 11.7 Å². The lowest BCUT2D eigenvalue weighted by Crippen LogP contribution is -2.29. The van der Waals surface area contributed by atoms with Gasteiger partial charge in [0.05, 0.1) is 38.0 Å². The molecule has 0 aliphatic carbocycles. The molecule has 1 atom stereocenters. The standard InChI is InChI=1S/C27H25NO6/c1-4-34-19-12-10-18(11-13-19)28-24(17-8-6-5-7-9-17)23(26(30)27(28)31)25(29)21-15-14-20(32-2)16-22(21)33-3/h5-16,24,29H,4H2,1-3H3/b25-23-. The number of anilines is 1. The van der Waals surface area contributed by atoms with Crippen molar-refractivity contribution in [3.05, 3.63) is 89.5 Å². The summed E-state index contributed by atoms with van der Waals surface area (Å²) in [6.07, 6.45) is 0. The van der Waals surface area contributed by atoms with Crippen molar-refractivity contribution in [3.8, 4) is 17.2 Å². The molecule has 0 saturated carbocycles. The number of benzene rings is 3. The lowest BCUT2D eigenvalue weighted by Gasteiger charge is -2.25. The molecule has 7 nitrogen and oxygen atoms in total. The molecule has 7 heteroatoms. The number of carbonyl (C=O) groups excluding carboxylic acids is 2. The Morgan fingerprint density at radius 1 is 0.912 bits per heavy atom. The molecule has 0 bridgehead atoms. The fraction of sp³-hybridized carbons (Fsp3) is 0.185. The lowest BCUT2D eigenvalue weighted by atomic mass is 9.95. The average Bonchev–Trinajstić information content (AvgIpc) is 3.14. The summed E-state index contributed by atoms with van der Waals surface area (Å²) in [6, 6.07) is 20.1. The zero-order valence-electron chi connectivity index (χ0n) is 19.1. The van der Waals surface area contributed by atoms with E-state index in [-0.39, 0.29) is 16.9 Å². The summed E-state index contributed by atoms with van der Waals surface area (Å²) in [5.41, 5.74) is 1.47. The third kappa shape index (κ3) is 4.08. The number of rotatable bonds is 7. The molecule has 1 fully saturated rings. The van der Waals surface area contributed by atoms with Crippen molar-refractivity contribution < 1.29 is 28.9 Å². The van der Waals surface area contributed by atoms with E-state index in [1.54, 1.807) is 42.5 Å². The van der Waals surface area contributed by atoms with Gasteiger partial charge >= 0.3 is 0 Å². The monoisotopic (exact) mass is 459 g/mol. The van der Waals surface area contributed by atoms with E-state index in [9.17, 15) is 14.7 Å². The van der Waals surface area contributed by atoms with Gasteiger partial charge in [0, 0.05) is 11.8 Å². The summed E-state index contributed by atoms with van der Waals surface area (Å²) >= 11 is 0. The van der Waals surface area contributed by atoms with Crippen molar-refractivity contribution in [1.82, 2.24) is 0 Å². The summed E-state index contributed by atoms with van der Waals surface area (Å²) < 4.78 is 16.2. The topological polar surface area (TPSA) is 85.3 Å². The molecule has 1 amide bonds. The Morgan fingerprint density at radius 2 is 1.59 bits per heavy atom. The second-order valence-corrected chi connectivity index (χ2v) is 7.57. The van der Waals surface area contributed by atoms with Gasteiger partial charge in [-0.3, -0.25) is 14.5 Å². The normalized spacial score (nSPS) is 17.0. The zero-order valence-corrected chi connectivity index (χ0v) is 19.1. The molecule has 1 N–H and O–H groups in total. The van der Waals surface area contributed by atoms with Crippen LogP contribution >= 0.6 is 0 Å². The van der Waals surface area contributed by atoms with E-state index in [0.29, 0.717) is 35.1 Å². The van der Waals surface area contributed by atoms with Crippen LogP contribution in [0.15, 0.2) is 78.4 Å². The van der Waals surface area contributed by atoms with Gasteiger partial charge in [-0.25, -0.2) is 0 Å². The van der Waals surface area contributed by atoms with Crippen LogP contribution in [0.1, 0.15) is 24.1 Å². The van der Waals surface area contributed by atoms with Gasteiger partial charge in [0.15, 0.2) is 0 Å². The average molecular weight is 459 g/mol. The van der Waals surface area contributed by atoms with E-state index >= 15 is 0 Å². The minimum atomic E-state index is -0.828. The molecule has 34 heavy (non-hydrogen) atoms. The van der Waals surface area contributed by atoms with Crippen molar-refractivity contribution in [3.63, 3.8) is 0 Å². The van der Waals surface area contributed by atoms with E-state index in [4.69, 9.17) is 14.2 Å². The molecule has 3 aromatic carbocycles. The number of aliphatic hydroxyl groups excluding tert-OH is 1. The molecule has 4 rings (SSSR count). The van der Waals surface area contributed by atoms with Gasteiger partial charge in [0.1, 0.15) is 23.0 Å². The second-order valence-electron chi connectivity index (χ2n) is 7.57. The highest BCUT2D eigenvalue weighted by molar-refractivity contribution is 6.51. The number of carbonyl (C=O) groups is 2. The largest absolute Gasteiger partial charge is 0.507 e. The van der Waals surface area contributed by atoms with E-state index in [1.807, 2.05) is 37.3 Å². The minimum Gasteiger partial charge on any atom is -0.507 e. The fourth-order valence-corrected chi connectivity index (χ4v) is 4.06. The second kappa shape index (κ2) is 9.70. The molecule has 0 spiro atoms. The molecule has 0 aromatic heterocycles. The zero-order chi connectivity index (χ0) is 24.2. The van der Waals surface area contributed by atoms with E-state index in [1.165, 1.54) is 19.1 Å². The highest BCUT2D eigenvalue weighted by Crippen LogP contribution is 2.43.